The van der Waals surface area contributed by atoms with Crippen LogP contribution in [0.5, 0.6) is 11.5 Å². The molecule has 27 heavy (non-hydrogen) atoms. The van der Waals surface area contributed by atoms with Crippen molar-refractivity contribution < 1.29 is 42.8 Å². The third-order valence-corrected chi connectivity index (χ3v) is 3.62. The molecule has 1 fully saturated rings. The monoisotopic (exact) mass is 382 g/mol. The molecule has 0 saturated carbocycles. The van der Waals surface area contributed by atoms with E-state index in [1.165, 1.54) is 27.9 Å². The average molecular weight is 382 g/mol. The SMILES string of the molecule is COc1ccc(OC2OCC(OC(C)=O)C(OC(C)=O)C2OC(C)=O)cc1. The molecule has 9 nitrogen and oxygen atoms in total. The Morgan fingerprint density at radius 3 is 1.89 bits per heavy atom. The zero-order valence-electron chi connectivity index (χ0n) is 15.5. The first-order valence-electron chi connectivity index (χ1n) is 8.24. The van der Waals surface area contributed by atoms with Gasteiger partial charge >= 0.3 is 17.9 Å². The van der Waals surface area contributed by atoms with Gasteiger partial charge in [-0.2, -0.15) is 0 Å². The largest absolute Gasteiger partial charge is 0.497 e. The molecule has 0 radical (unpaired) electrons. The third kappa shape index (κ3) is 5.85. The van der Waals surface area contributed by atoms with Gasteiger partial charge in [0.25, 0.3) is 0 Å². The predicted molar refractivity (Wildman–Crippen MR) is 90.0 cm³/mol. The van der Waals surface area contributed by atoms with E-state index in [-0.39, 0.29) is 6.61 Å². The molecule has 0 aliphatic carbocycles. The molecule has 148 valence electrons. The first-order chi connectivity index (χ1) is 12.8. The Morgan fingerprint density at radius 2 is 1.37 bits per heavy atom. The summed E-state index contributed by atoms with van der Waals surface area (Å²) in [5.41, 5.74) is 0. The highest BCUT2D eigenvalue weighted by atomic mass is 16.7. The molecule has 9 heteroatoms. The lowest BCUT2D eigenvalue weighted by Crippen LogP contribution is -2.59. The zero-order valence-corrected chi connectivity index (χ0v) is 15.5. The number of benzene rings is 1. The van der Waals surface area contributed by atoms with E-state index in [9.17, 15) is 14.4 Å². The van der Waals surface area contributed by atoms with Crippen molar-refractivity contribution >= 4 is 17.9 Å². The lowest BCUT2D eigenvalue weighted by molar-refractivity contribution is -0.259. The van der Waals surface area contributed by atoms with Crippen molar-refractivity contribution in [2.24, 2.45) is 0 Å². The molecule has 0 spiro atoms. The van der Waals surface area contributed by atoms with Gasteiger partial charge in [0.15, 0.2) is 12.2 Å². The van der Waals surface area contributed by atoms with Crippen LogP contribution in [0.4, 0.5) is 0 Å². The Hall–Kier alpha value is -2.81. The summed E-state index contributed by atoms with van der Waals surface area (Å²) in [6.45, 7) is 3.51. The second-order valence-corrected chi connectivity index (χ2v) is 5.79. The first kappa shape index (κ1) is 20.5. The number of methoxy groups -OCH3 is 1. The third-order valence-electron chi connectivity index (χ3n) is 3.62. The summed E-state index contributed by atoms with van der Waals surface area (Å²) in [7, 11) is 1.54. The average Bonchev–Trinajstić information content (AvgIpc) is 2.59. The minimum absolute atomic E-state index is 0.101. The van der Waals surface area contributed by atoms with Gasteiger partial charge in [0.05, 0.1) is 13.7 Å². The summed E-state index contributed by atoms with van der Waals surface area (Å²) in [6, 6.07) is 6.66. The molecule has 4 atom stereocenters. The van der Waals surface area contributed by atoms with Gasteiger partial charge in [-0.1, -0.05) is 0 Å². The van der Waals surface area contributed by atoms with E-state index >= 15 is 0 Å². The highest BCUT2D eigenvalue weighted by Gasteiger charge is 2.48. The molecular formula is C18H22O9. The quantitative estimate of drug-likeness (QED) is 0.530. The maximum atomic E-state index is 11.6. The predicted octanol–water partition coefficient (Wildman–Crippen LogP) is 1.23. The van der Waals surface area contributed by atoms with Crippen LogP contribution >= 0.6 is 0 Å². The van der Waals surface area contributed by atoms with Gasteiger partial charge in [-0.25, -0.2) is 0 Å². The maximum absolute atomic E-state index is 11.6. The van der Waals surface area contributed by atoms with Gasteiger partial charge in [-0.3, -0.25) is 14.4 Å². The van der Waals surface area contributed by atoms with Gasteiger partial charge in [-0.15, -0.1) is 0 Å². The van der Waals surface area contributed by atoms with Crippen molar-refractivity contribution in [2.45, 2.75) is 45.4 Å². The van der Waals surface area contributed by atoms with E-state index in [0.29, 0.717) is 11.5 Å². The molecule has 0 N–H and O–H groups in total. The van der Waals surface area contributed by atoms with Crippen molar-refractivity contribution in [1.29, 1.82) is 0 Å². The van der Waals surface area contributed by atoms with Crippen LogP contribution in [0.3, 0.4) is 0 Å². The zero-order chi connectivity index (χ0) is 20.0. The number of carbonyl (C=O) groups excluding carboxylic acids is 3. The van der Waals surface area contributed by atoms with E-state index in [1.54, 1.807) is 24.3 Å². The second-order valence-electron chi connectivity index (χ2n) is 5.79. The van der Waals surface area contributed by atoms with Gasteiger partial charge in [0.1, 0.15) is 11.5 Å². The van der Waals surface area contributed by atoms with Gasteiger partial charge < -0.3 is 28.4 Å². The van der Waals surface area contributed by atoms with Crippen LogP contribution < -0.4 is 9.47 Å². The molecule has 0 amide bonds. The Bertz CT molecular complexity index is 670. The molecule has 1 saturated heterocycles. The number of ether oxygens (including phenoxy) is 6. The summed E-state index contributed by atoms with van der Waals surface area (Å²) in [5.74, 6) is -0.787. The van der Waals surface area contributed by atoms with Gasteiger partial charge in [0, 0.05) is 20.8 Å². The summed E-state index contributed by atoms with van der Waals surface area (Å²) < 4.78 is 32.1. The highest BCUT2D eigenvalue weighted by Crippen LogP contribution is 2.27. The van der Waals surface area contributed by atoms with E-state index < -0.39 is 42.5 Å². The lowest BCUT2D eigenvalue weighted by Gasteiger charge is -2.40. The van der Waals surface area contributed by atoms with Crippen LogP contribution in [0.1, 0.15) is 20.8 Å². The Balaban J connectivity index is 2.24. The molecule has 1 aliphatic heterocycles. The molecule has 1 aromatic carbocycles. The van der Waals surface area contributed by atoms with E-state index in [2.05, 4.69) is 0 Å². The number of hydrogen-bond donors (Lipinski definition) is 0. The van der Waals surface area contributed by atoms with Gasteiger partial charge in [-0.05, 0) is 24.3 Å². The molecular weight excluding hydrogens is 360 g/mol. The van der Waals surface area contributed by atoms with Crippen molar-refractivity contribution in [1.82, 2.24) is 0 Å². The van der Waals surface area contributed by atoms with Crippen LogP contribution in [-0.4, -0.2) is 56.2 Å². The highest BCUT2D eigenvalue weighted by molar-refractivity contribution is 5.68. The van der Waals surface area contributed by atoms with Crippen LogP contribution in [0.15, 0.2) is 24.3 Å². The molecule has 1 aromatic rings. The fraction of sp³-hybridized carbons (Fsp3) is 0.500. The smallest absolute Gasteiger partial charge is 0.303 e. The second kappa shape index (κ2) is 9.22. The van der Waals surface area contributed by atoms with Gasteiger partial charge in [0.2, 0.25) is 12.4 Å². The Morgan fingerprint density at radius 1 is 0.852 bits per heavy atom. The molecule has 1 aliphatic rings. The van der Waals surface area contributed by atoms with Crippen molar-refractivity contribution in [3.8, 4) is 11.5 Å². The Labute approximate surface area is 156 Å². The molecule has 0 bridgehead atoms. The summed E-state index contributed by atoms with van der Waals surface area (Å²) in [6.07, 6.45) is -4.22. The fourth-order valence-electron chi connectivity index (χ4n) is 2.60. The summed E-state index contributed by atoms with van der Waals surface area (Å²) in [5, 5.41) is 0. The van der Waals surface area contributed by atoms with Crippen molar-refractivity contribution in [2.75, 3.05) is 13.7 Å². The van der Waals surface area contributed by atoms with Crippen molar-refractivity contribution in [3.05, 3.63) is 24.3 Å². The van der Waals surface area contributed by atoms with Crippen LogP contribution in [0.25, 0.3) is 0 Å². The van der Waals surface area contributed by atoms with E-state index in [4.69, 9.17) is 28.4 Å². The molecule has 2 rings (SSSR count). The molecule has 0 aromatic heterocycles. The number of carbonyl (C=O) groups is 3. The maximum Gasteiger partial charge on any atom is 0.303 e. The first-order valence-corrected chi connectivity index (χ1v) is 8.24. The fourth-order valence-corrected chi connectivity index (χ4v) is 2.60. The number of hydrogen-bond acceptors (Lipinski definition) is 9. The van der Waals surface area contributed by atoms with E-state index in [1.807, 2.05) is 0 Å². The number of rotatable bonds is 6. The van der Waals surface area contributed by atoms with Crippen molar-refractivity contribution in [3.63, 3.8) is 0 Å². The molecule has 1 heterocycles. The van der Waals surface area contributed by atoms with Crippen LogP contribution in [0.2, 0.25) is 0 Å². The topological polar surface area (TPSA) is 107 Å². The minimum atomic E-state index is -1.13. The lowest BCUT2D eigenvalue weighted by atomic mass is 10.0. The standard InChI is InChI=1S/C18H22O9/c1-10(19)24-15-9-23-18(27-14-7-5-13(22-4)6-8-14)17(26-12(3)21)16(15)25-11(2)20/h5-8,15-18H,9H2,1-4H3. The Kier molecular flexibility index (Phi) is 7.00. The molecule has 4 unspecified atom stereocenters. The van der Waals surface area contributed by atoms with Crippen LogP contribution in [-0.2, 0) is 33.3 Å². The minimum Gasteiger partial charge on any atom is -0.497 e. The normalized spacial score (nSPS) is 24.4. The summed E-state index contributed by atoms with van der Waals surface area (Å²) in [4.78, 5) is 34.4. The summed E-state index contributed by atoms with van der Waals surface area (Å²) >= 11 is 0. The van der Waals surface area contributed by atoms with E-state index in [0.717, 1.165) is 0 Å². The number of esters is 3. The van der Waals surface area contributed by atoms with Crippen LogP contribution in [0, 0.1) is 0 Å².